The molecule has 0 aromatic rings. The van der Waals surface area contributed by atoms with E-state index in [0.717, 1.165) is 18.8 Å². The normalized spacial score (nSPS) is 36.8. The molecule has 3 aliphatic rings. The molecule has 1 heteroatoms. The predicted molar refractivity (Wildman–Crippen MR) is 92.6 cm³/mol. The molecule has 0 unspecified atom stereocenters. The Bertz CT molecular complexity index is 587. The summed E-state index contributed by atoms with van der Waals surface area (Å²) in [4.78, 5) is 12.3. The third-order valence-electron chi connectivity index (χ3n) is 6.63. The molecule has 0 saturated heterocycles. The maximum atomic E-state index is 12.3. The highest BCUT2D eigenvalue weighted by Crippen LogP contribution is 2.54. The van der Waals surface area contributed by atoms with E-state index >= 15 is 0 Å². The minimum Gasteiger partial charge on any atom is -0.294 e. The zero-order valence-electron chi connectivity index (χ0n) is 14.8. The third-order valence-corrected chi connectivity index (χ3v) is 6.63. The average Bonchev–Trinajstić information content (AvgIpc) is 2.48. The van der Waals surface area contributed by atoms with Crippen molar-refractivity contribution in [3.8, 4) is 0 Å². The van der Waals surface area contributed by atoms with E-state index in [1.54, 1.807) is 5.57 Å². The summed E-state index contributed by atoms with van der Waals surface area (Å²) in [7, 11) is 0. The largest absolute Gasteiger partial charge is 0.294 e. The van der Waals surface area contributed by atoms with E-state index in [1.165, 1.54) is 30.4 Å². The first kappa shape index (κ1) is 15.8. The number of carbonyl (C=O) groups excluding carboxylic acids is 1. The van der Waals surface area contributed by atoms with Crippen LogP contribution in [-0.2, 0) is 4.79 Å². The molecule has 0 heterocycles. The number of ketones is 1. The van der Waals surface area contributed by atoms with Crippen molar-refractivity contribution in [1.29, 1.82) is 0 Å². The number of carbonyl (C=O) groups is 1. The van der Waals surface area contributed by atoms with Gasteiger partial charge in [0, 0.05) is 5.41 Å². The molecule has 0 fully saturated rings. The zero-order chi connectivity index (χ0) is 16.1. The van der Waals surface area contributed by atoms with Crippen LogP contribution in [0.4, 0.5) is 0 Å². The fraction of sp³-hybridized carbons (Fsp3) is 0.667. The highest BCUT2D eigenvalue weighted by atomic mass is 16.1. The number of allylic oxidation sites excluding steroid dienone is 6. The number of rotatable bonds is 2. The van der Waals surface area contributed by atoms with Gasteiger partial charge in [-0.3, -0.25) is 4.79 Å². The molecule has 3 rings (SSSR count). The van der Waals surface area contributed by atoms with Gasteiger partial charge in [-0.1, -0.05) is 53.2 Å². The molecule has 0 spiro atoms. The summed E-state index contributed by atoms with van der Waals surface area (Å²) < 4.78 is 0. The van der Waals surface area contributed by atoms with Crippen LogP contribution in [0.2, 0.25) is 0 Å². The number of fused-ring (bicyclic) bond motifs is 2. The lowest BCUT2D eigenvalue weighted by Crippen LogP contribution is -2.38. The Labute approximate surface area is 135 Å². The van der Waals surface area contributed by atoms with Crippen LogP contribution in [0.5, 0.6) is 0 Å². The minimum absolute atomic E-state index is 0.227. The molecule has 0 saturated carbocycles. The second kappa shape index (κ2) is 5.22. The Balaban J connectivity index is 2.11. The van der Waals surface area contributed by atoms with Crippen molar-refractivity contribution in [2.75, 3.05) is 0 Å². The average molecular weight is 298 g/mol. The molecular formula is C21H30O. The van der Waals surface area contributed by atoms with Gasteiger partial charge in [0.05, 0.1) is 0 Å². The molecule has 0 aliphatic heterocycles. The van der Waals surface area contributed by atoms with Crippen LogP contribution >= 0.6 is 0 Å². The Kier molecular flexibility index (Phi) is 3.74. The van der Waals surface area contributed by atoms with Gasteiger partial charge < -0.3 is 0 Å². The summed E-state index contributed by atoms with van der Waals surface area (Å²) in [6, 6.07) is 0. The van der Waals surface area contributed by atoms with E-state index in [1.807, 2.05) is 6.08 Å². The molecule has 0 radical (unpaired) electrons. The molecular weight excluding hydrogens is 268 g/mol. The molecule has 1 nitrogen and oxygen atoms in total. The third kappa shape index (κ3) is 2.25. The molecule has 3 atom stereocenters. The Hall–Kier alpha value is -1.11. The summed E-state index contributed by atoms with van der Waals surface area (Å²) >= 11 is 0. The fourth-order valence-electron chi connectivity index (χ4n) is 4.92. The molecule has 120 valence electrons. The summed E-state index contributed by atoms with van der Waals surface area (Å²) in [6.45, 7) is 11.3. The maximum Gasteiger partial charge on any atom is 0.161 e. The smallest absolute Gasteiger partial charge is 0.161 e. The van der Waals surface area contributed by atoms with Crippen molar-refractivity contribution in [2.45, 2.75) is 66.7 Å². The summed E-state index contributed by atoms with van der Waals surface area (Å²) in [5.74, 6) is 1.75. The highest BCUT2D eigenvalue weighted by molar-refractivity contribution is 5.97. The van der Waals surface area contributed by atoms with Crippen LogP contribution in [0, 0.1) is 22.7 Å². The zero-order valence-corrected chi connectivity index (χ0v) is 14.8. The van der Waals surface area contributed by atoms with Gasteiger partial charge in [0.1, 0.15) is 0 Å². The maximum absolute atomic E-state index is 12.3. The Morgan fingerprint density at radius 2 is 1.95 bits per heavy atom. The Morgan fingerprint density at radius 1 is 1.23 bits per heavy atom. The van der Waals surface area contributed by atoms with Crippen LogP contribution in [-0.4, -0.2) is 5.78 Å². The second-order valence-corrected chi connectivity index (χ2v) is 8.38. The standard InChI is InChI=1S/C21H30O/c1-6-18-16-9-8-14-12-19(22)20(3,4)13-17(14)15(16)10-11-21(18,5)7-2/h10-12,16,18H,6-9,13H2,1-5H3/t16-,18+,21+/m1/s1. The van der Waals surface area contributed by atoms with Crippen molar-refractivity contribution in [2.24, 2.45) is 22.7 Å². The molecule has 0 bridgehead atoms. The van der Waals surface area contributed by atoms with E-state index in [9.17, 15) is 4.79 Å². The summed E-state index contributed by atoms with van der Waals surface area (Å²) in [5.41, 5.74) is 4.49. The fourth-order valence-corrected chi connectivity index (χ4v) is 4.92. The molecule has 0 amide bonds. The van der Waals surface area contributed by atoms with Crippen LogP contribution < -0.4 is 0 Å². The van der Waals surface area contributed by atoms with Crippen molar-refractivity contribution < 1.29 is 4.79 Å². The quantitative estimate of drug-likeness (QED) is 0.645. The van der Waals surface area contributed by atoms with E-state index in [2.05, 4.69) is 46.8 Å². The number of hydrogen-bond acceptors (Lipinski definition) is 1. The highest BCUT2D eigenvalue weighted by Gasteiger charge is 2.44. The van der Waals surface area contributed by atoms with Gasteiger partial charge in [0.2, 0.25) is 0 Å². The Morgan fingerprint density at radius 3 is 2.59 bits per heavy atom. The van der Waals surface area contributed by atoms with E-state index in [-0.39, 0.29) is 5.41 Å². The monoisotopic (exact) mass is 298 g/mol. The van der Waals surface area contributed by atoms with Gasteiger partial charge >= 0.3 is 0 Å². The van der Waals surface area contributed by atoms with Gasteiger partial charge in [-0.2, -0.15) is 0 Å². The lowest BCUT2D eigenvalue weighted by Gasteiger charge is -2.47. The summed E-state index contributed by atoms with van der Waals surface area (Å²) in [6.07, 6.45) is 12.5. The summed E-state index contributed by atoms with van der Waals surface area (Å²) in [5, 5.41) is 0. The lowest BCUT2D eigenvalue weighted by atomic mass is 9.57. The van der Waals surface area contributed by atoms with Crippen LogP contribution in [0.1, 0.15) is 66.7 Å². The molecule has 22 heavy (non-hydrogen) atoms. The van der Waals surface area contributed by atoms with Gasteiger partial charge in [-0.15, -0.1) is 0 Å². The van der Waals surface area contributed by atoms with Gasteiger partial charge in [0.15, 0.2) is 5.78 Å². The van der Waals surface area contributed by atoms with Gasteiger partial charge in [-0.25, -0.2) is 0 Å². The number of hydrogen-bond donors (Lipinski definition) is 0. The molecule has 3 aliphatic carbocycles. The molecule has 0 N–H and O–H groups in total. The van der Waals surface area contributed by atoms with Crippen LogP contribution in [0.25, 0.3) is 0 Å². The van der Waals surface area contributed by atoms with E-state index < -0.39 is 0 Å². The van der Waals surface area contributed by atoms with Crippen LogP contribution in [0.15, 0.2) is 34.9 Å². The van der Waals surface area contributed by atoms with Gasteiger partial charge in [-0.05, 0) is 65.7 Å². The molecule has 0 aromatic heterocycles. The van der Waals surface area contributed by atoms with Gasteiger partial charge in [0.25, 0.3) is 0 Å². The lowest BCUT2D eigenvalue weighted by molar-refractivity contribution is -0.122. The molecule has 0 aromatic carbocycles. The van der Waals surface area contributed by atoms with E-state index in [4.69, 9.17) is 0 Å². The van der Waals surface area contributed by atoms with Crippen LogP contribution in [0.3, 0.4) is 0 Å². The minimum atomic E-state index is -0.227. The SMILES string of the molecule is CC[C@H]1[C@@H]2CCC3=CC(=O)C(C)(C)CC3=C2C=C[C@]1(C)CC. The van der Waals surface area contributed by atoms with Crippen molar-refractivity contribution in [3.63, 3.8) is 0 Å². The first-order valence-electron chi connectivity index (χ1n) is 9.00. The van der Waals surface area contributed by atoms with Crippen molar-refractivity contribution in [3.05, 3.63) is 34.9 Å². The van der Waals surface area contributed by atoms with E-state index in [0.29, 0.717) is 17.1 Å². The predicted octanol–water partition coefficient (Wildman–Crippen LogP) is 5.63. The van der Waals surface area contributed by atoms with Crippen molar-refractivity contribution >= 4 is 5.78 Å². The van der Waals surface area contributed by atoms with Crippen molar-refractivity contribution in [1.82, 2.24) is 0 Å². The topological polar surface area (TPSA) is 17.1 Å². The first-order valence-corrected chi connectivity index (χ1v) is 9.00. The second-order valence-electron chi connectivity index (χ2n) is 8.38. The first-order chi connectivity index (χ1) is 10.3.